The summed E-state index contributed by atoms with van der Waals surface area (Å²) in [7, 11) is 1.45. The van der Waals surface area contributed by atoms with Gasteiger partial charge < -0.3 is 24.6 Å². The highest BCUT2D eigenvalue weighted by atomic mass is 16.6. The van der Waals surface area contributed by atoms with Crippen LogP contribution in [0.3, 0.4) is 0 Å². The van der Waals surface area contributed by atoms with E-state index in [0.717, 1.165) is 36.8 Å². The normalized spacial score (nSPS) is 15.5. The van der Waals surface area contributed by atoms with Gasteiger partial charge in [0.05, 0.1) is 7.11 Å². The monoisotopic (exact) mass is 530 g/mol. The van der Waals surface area contributed by atoms with Gasteiger partial charge in [-0.3, -0.25) is 14.5 Å². The first-order chi connectivity index (χ1) is 18.8. The Bertz CT molecular complexity index is 1360. The van der Waals surface area contributed by atoms with E-state index in [4.69, 9.17) is 14.2 Å². The van der Waals surface area contributed by atoms with E-state index in [1.165, 1.54) is 18.1 Å². The summed E-state index contributed by atoms with van der Waals surface area (Å²) in [4.78, 5) is 30.0. The van der Waals surface area contributed by atoms with Gasteiger partial charge >= 0.3 is 0 Å². The maximum absolute atomic E-state index is 14.4. The molecule has 8 nitrogen and oxygen atoms in total. The van der Waals surface area contributed by atoms with Crippen LogP contribution in [0.2, 0.25) is 0 Å². The number of fused-ring (bicyclic) bond motifs is 1. The van der Waals surface area contributed by atoms with Gasteiger partial charge in [-0.1, -0.05) is 25.0 Å². The molecule has 1 unspecified atom stereocenters. The Morgan fingerprint density at radius 1 is 0.949 bits per heavy atom. The molecule has 1 heterocycles. The van der Waals surface area contributed by atoms with E-state index in [1.54, 1.807) is 30.3 Å². The Hall–Kier alpha value is -4.20. The van der Waals surface area contributed by atoms with Crippen LogP contribution in [0, 0.1) is 13.8 Å². The summed E-state index contributed by atoms with van der Waals surface area (Å²) in [6.45, 7) is 4.76. The molecule has 0 spiro atoms. The number of rotatable bonds is 7. The summed E-state index contributed by atoms with van der Waals surface area (Å²) in [5.41, 5.74) is 3.39. The number of amides is 2. The number of aryl methyl sites for hydroxylation is 2. The Morgan fingerprint density at radius 2 is 1.64 bits per heavy atom. The van der Waals surface area contributed by atoms with E-state index in [2.05, 4.69) is 5.32 Å². The number of hydrogen-bond donors (Lipinski definition) is 2. The van der Waals surface area contributed by atoms with Gasteiger partial charge in [0.2, 0.25) is 5.91 Å². The number of aromatic hydroxyl groups is 1. The molecule has 0 saturated heterocycles. The number of carbonyl (C=O) groups is 2. The van der Waals surface area contributed by atoms with Crippen LogP contribution in [0.15, 0.2) is 54.6 Å². The molecule has 0 aromatic heterocycles. The van der Waals surface area contributed by atoms with E-state index in [1.807, 2.05) is 32.0 Å². The molecule has 1 aliphatic heterocycles. The highest BCUT2D eigenvalue weighted by molar-refractivity contribution is 6.10. The molecule has 3 aromatic carbocycles. The van der Waals surface area contributed by atoms with Crippen molar-refractivity contribution in [3.05, 3.63) is 76.9 Å². The third kappa shape index (κ3) is 5.65. The molecular weight excluding hydrogens is 496 g/mol. The van der Waals surface area contributed by atoms with Gasteiger partial charge in [0.1, 0.15) is 19.3 Å². The van der Waals surface area contributed by atoms with Crippen molar-refractivity contribution in [2.75, 3.05) is 25.2 Å². The number of carbonyl (C=O) groups excluding carboxylic acids is 2. The topological polar surface area (TPSA) is 97.3 Å². The van der Waals surface area contributed by atoms with Gasteiger partial charge in [-0.2, -0.15) is 0 Å². The summed E-state index contributed by atoms with van der Waals surface area (Å²) < 4.78 is 16.8. The summed E-state index contributed by atoms with van der Waals surface area (Å²) in [5.74, 6) is 0.584. The summed E-state index contributed by atoms with van der Waals surface area (Å²) in [5, 5.41) is 13.5. The molecule has 1 fully saturated rings. The molecule has 0 radical (unpaired) electrons. The van der Waals surface area contributed by atoms with Crippen LogP contribution in [0.1, 0.15) is 58.8 Å². The lowest BCUT2D eigenvalue weighted by molar-refractivity contribution is -0.123. The van der Waals surface area contributed by atoms with Crippen molar-refractivity contribution >= 4 is 17.5 Å². The van der Waals surface area contributed by atoms with Crippen LogP contribution in [-0.4, -0.2) is 43.3 Å². The van der Waals surface area contributed by atoms with Gasteiger partial charge in [0.15, 0.2) is 23.0 Å². The fraction of sp³-hybridized carbons (Fsp3) is 0.355. The highest BCUT2D eigenvalue weighted by Gasteiger charge is 2.36. The van der Waals surface area contributed by atoms with Gasteiger partial charge in [-0.05, 0) is 85.8 Å². The van der Waals surface area contributed by atoms with Crippen LogP contribution in [-0.2, 0) is 4.79 Å². The fourth-order valence-corrected chi connectivity index (χ4v) is 5.42. The van der Waals surface area contributed by atoms with E-state index in [0.29, 0.717) is 41.5 Å². The van der Waals surface area contributed by atoms with Crippen LogP contribution < -0.4 is 24.4 Å². The number of benzene rings is 3. The zero-order valence-electron chi connectivity index (χ0n) is 22.5. The second-order valence-electron chi connectivity index (χ2n) is 10.2. The molecule has 1 aliphatic carbocycles. The lowest BCUT2D eigenvalue weighted by Crippen LogP contribution is -2.46. The van der Waals surface area contributed by atoms with E-state index >= 15 is 0 Å². The molecule has 0 bridgehead atoms. The number of ether oxygens (including phenoxy) is 3. The van der Waals surface area contributed by atoms with Crippen LogP contribution >= 0.6 is 0 Å². The number of anilines is 1. The molecule has 2 amide bonds. The van der Waals surface area contributed by atoms with Crippen LogP contribution in [0.5, 0.6) is 23.0 Å². The van der Waals surface area contributed by atoms with E-state index in [9.17, 15) is 14.7 Å². The van der Waals surface area contributed by atoms with Crippen molar-refractivity contribution in [3.8, 4) is 23.0 Å². The number of hydrogen-bond acceptors (Lipinski definition) is 6. The molecule has 39 heavy (non-hydrogen) atoms. The largest absolute Gasteiger partial charge is 0.504 e. The predicted molar refractivity (Wildman–Crippen MR) is 148 cm³/mol. The van der Waals surface area contributed by atoms with Crippen LogP contribution in [0.4, 0.5) is 5.69 Å². The van der Waals surface area contributed by atoms with Crippen molar-refractivity contribution in [2.24, 2.45) is 0 Å². The highest BCUT2D eigenvalue weighted by Crippen LogP contribution is 2.37. The maximum atomic E-state index is 14.4. The van der Waals surface area contributed by atoms with Crippen molar-refractivity contribution in [1.29, 1.82) is 0 Å². The number of methoxy groups -OCH3 is 1. The fourth-order valence-electron chi connectivity index (χ4n) is 5.42. The zero-order chi connectivity index (χ0) is 27.5. The Balaban J connectivity index is 1.66. The minimum atomic E-state index is -1.03. The molecule has 2 N–H and O–H groups in total. The average molecular weight is 531 g/mol. The quantitative estimate of drug-likeness (QED) is 0.434. The second-order valence-corrected chi connectivity index (χ2v) is 10.2. The molecular formula is C31H34N2O6. The van der Waals surface area contributed by atoms with Gasteiger partial charge in [0, 0.05) is 17.3 Å². The lowest BCUT2D eigenvalue weighted by atomic mass is 9.99. The average Bonchev–Trinajstić information content (AvgIpc) is 3.44. The first-order valence-electron chi connectivity index (χ1n) is 13.3. The van der Waals surface area contributed by atoms with Gasteiger partial charge in [-0.25, -0.2) is 0 Å². The minimum absolute atomic E-state index is 0.0458. The molecule has 2 aliphatic rings. The SMILES string of the molecule is COc1cc(C(C(=O)NC2CCCC2)N(C(=O)c2ccc3c(c2)OCCO3)c2cc(C)cc(C)c2)ccc1O. The Kier molecular flexibility index (Phi) is 7.63. The first kappa shape index (κ1) is 26.4. The molecule has 8 heteroatoms. The Labute approximate surface area is 228 Å². The number of nitrogens with one attached hydrogen (secondary N) is 1. The summed E-state index contributed by atoms with van der Waals surface area (Å²) >= 11 is 0. The minimum Gasteiger partial charge on any atom is -0.504 e. The van der Waals surface area contributed by atoms with Crippen molar-refractivity contribution < 1.29 is 28.9 Å². The molecule has 5 rings (SSSR count). The van der Waals surface area contributed by atoms with Crippen molar-refractivity contribution in [2.45, 2.75) is 51.6 Å². The number of phenolic OH excluding ortho intramolecular Hbond substituents is 1. The maximum Gasteiger partial charge on any atom is 0.259 e. The summed E-state index contributed by atoms with van der Waals surface area (Å²) in [6.07, 6.45) is 3.91. The smallest absolute Gasteiger partial charge is 0.259 e. The van der Waals surface area contributed by atoms with Crippen LogP contribution in [0.25, 0.3) is 0 Å². The number of phenols is 1. The number of nitrogens with zero attached hydrogens (tertiary/aromatic N) is 1. The van der Waals surface area contributed by atoms with Crippen molar-refractivity contribution in [3.63, 3.8) is 0 Å². The van der Waals surface area contributed by atoms with Crippen molar-refractivity contribution in [1.82, 2.24) is 5.32 Å². The third-order valence-corrected chi connectivity index (χ3v) is 7.22. The van der Waals surface area contributed by atoms with E-state index < -0.39 is 6.04 Å². The first-order valence-corrected chi connectivity index (χ1v) is 13.3. The molecule has 204 valence electrons. The molecule has 1 saturated carbocycles. The predicted octanol–water partition coefficient (Wildman–Crippen LogP) is 5.24. The standard InChI is InChI=1S/C31H34N2O6/c1-19-14-20(2)16-24(15-19)33(31(36)22-9-11-26-28(18-22)39-13-12-38-26)29(30(35)32-23-6-4-5-7-23)21-8-10-25(34)27(17-21)37-3/h8-11,14-18,23,29,34H,4-7,12-13H2,1-3H3,(H,32,35). The summed E-state index contributed by atoms with van der Waals surface area (Å²) in [6, 6.07) is 14.7. The third-order valence-electron chi connectivity index (χ3n) is 7.22. The second kappa shape index (κ2) is 11.3. The zero-order valence-corrected chi connectivity index (χ0v) is 22.5. The van der Waals surface area contributed by atoms with Gasteiger partial charge in [0.25, 0.3) is 5.91 Å². The molecule has 3 aromatic rings. The van der Waals surface area contributed by atoms with Gasteiger partial charge in [-0.15, -0.1) is 0 Å². The Morgan fingerprint density at radius 3 is 2.33 bits per heavy atom. The lowest BCUT2D eigenvalue weighted by Gasteiger charge is -2.33. The van der Waals surface area contributed by atoms with E-state index in [-0.39, 0.29) is 29.4 Å². The molecule has 1 atom stereocenters.